The average Bonchev–Trinajstić information content (AvgIpc) is 2.89. The molecule has 2 heterocycles. The molecule has 1 aromatic heterocycles. The quantitative estimate of drug-likeness (QED) is 0.579. The van der Waals surface area contributed by atoms with E-state index in [0.29, 0.717) is 19.6 Å². The lowest BCUT2D eigenvalue weighted by atomic mass is 10.2. The van der Waals surface area contributed by atoms with Crippen LogP contribution in [0.15, 0.2) is 6.33 Å². The van der Waals surface area contributed by atoms with Crippen LogP contribution in [0, 0.1) is 0 Å². The SMILES string of the molecule is O=C(CC1COCCN1)NCCCc1ncn[nH]1. The second kappa shape index (κ2) is 7.07. The van der Waals surface area contributed by atoms with E-state index in [1.807, 2.05) is 0 Å². The molecule has 18 heavy (non-hydrogen) atoms. The van der Waals surface area contributed by atoms with E-state index in [0.717, 1.165) is 31.8 Å². The molecule has 1 amide bonds. The van der Waals surface area contributed by atoms with Crippen molar-refractivity contribution in [3.05, 3.63) is 12.2 Å². The van der Waals surface area contributed by atoms with Crippen LogP contribution in [0.3, 0.4) is 0 Å². The number of hydrogen-bond acceptors (Lipinski definition) is 5. The number of ether oxygens (including phenoxy) is 1. The number of amides is 1. The maximum absolute atomic E-state index is 11.6. The highest BCUT2D eigenvalue weighted by Gasteiger charge is 2.16. The summed E-state index contributed by atoms with van der Waals surface area (Å²) >= 11 is 0. The van der Waals surface area contributed by atoms with Crippen molar-refractivity contribution in [3.63, 3.8) is 0 Å². The molecule has 0 saturated carbocycles. The molecular formula is C11H19N5O2. The Morgan fingerprint density at radius 1 is 1.61 bits per heavy atom. The molecule has 0 bridgehead atoms. The number of nitrogens with one attached hydrogen (secondary N) is 3. The summed E-state index contributed by atoms with van der Waals surface area (Å²) in [6.45, 7) is 2.83. The lowest BCUT2D eigenvalue weighted by Gasteiger charge is -2.23. The maximum atomic E-state index is 11.6. The van der Waals surface area contributed by atoms with Gasteiger partial charge in [0.15, 0.2) is 0 Å². The van der Waals surface area contributed by atoms with E-state index in [1.54, 1.807) is 0 Å². The van der Waals surface area contributed by atoms with Gasteiger partial charge < -0.3 is 15.4 Å². The smallest absolute Gasteiger partial charge is 0.221 e. The van der Waals surface area contributed by atoms with Crippen molar-refractivity contribution in [3.8, 4) is 0 Å². The highest BCUT2D eigenvalue weighted by molar-refractivity contribution is 5.76. The summed E-state index contributed by atoms with van der Waals surface area (Å²) in [7, 11) is 0. The Balaban J connectivity index is 1.54. The van der Waals surface area contributed by atoms with Gasteiger partial charge in [-0.3, -0.25) is 9.89 Å². The minimum absolute atomic E-state index is 0.0653. The van der Waals surface area contributed by atoms with Gasteiger partial charge in [0.1, 0.15) is 12.2 Å². The average molecular weight is 253 g/mol. The van der Waals surface area contributed by atoms with Crippen molar-refractivity contribution in [1.82, 2.24) is 25.8 Å². The van der Waals surface area contributed by atoms with Gasteiger partial charge in [-0.1, -0.05) is 0 Å². The van der Waals surface area contributed by atoms with E-state index >= 15 is 0 Å². The lowest BCUT2D eigenvalue weighted by molar-refractivity contribution is -0.122. The van der Waals surface area contributed by atoms with Gasteiger partial charge in [-0.2, -0.15) is 5.10 Å². The molecule has 7 nitrogen and oxygen atoms in total. The van der Waals surface area contributed by atoms with Crippen LogP contribution in [0.1, 0.15) is 18.7 Å². The summed E-state index contributed by atoms with van der Waals surface area (Å²) in [5, 5.41) is 12.7. The molecule has 1 fully saturated rings. The van der Waals surface area contributed by atoms with Crippen LogP contribution in [0.4, 0.5) is 0 Å². The molecule has 1 atom stereocenters. The van der Waals surface area contributed by atoms with Crippen LogP contribution in [-0.2, 0) is 16.0 Å². The molecule has 1 unspecified atom stereocenters. The predicted molar refractivity (Wildman–Crippen MR) is 64.9 cm³/mol. The first kappa shape index (κ1) is 13.0. The summed E-state index contributed by atoms with van der Waals surface area (Å²) in [5.41, 5.74) is 0. The second-order valence-corrected chi connectivity index (χ2v) is 4.32. The Kier molecular flexibility index (Phi) is 5.10. The van der Waals surface area contributed by atoms with E-state index in [4.69, 9.17) is 4.74 Å². The summed E-state index contributed by atoms with van der Waals surface area (Å²) in [4.78, 5) is 15.7. The van der Waals surface area contributed by atoms with Crippen LogP contribution in [0.2, 0.25) is 0 Å². The fourth-order valence-electron chi connectivity index (χ4n) is 1.88. The second-order valence-electron chi connectivity index (χ2n) is 4.32. The van der Waals surface area contributed by atoms with Crippen LogP contribution in [-0.4, -0.2) is 53.4 Å². The van der Waals surface area contributed by atoms with E-state index in [-0.39, 0.29) is 11.9 Å². The molecule has 0 aromatic carbocycles. The number of carbonyl (C=O) groups is 1. The van der Waals surface area contributed by atoms with Crippen molar-refractivity contribution in [2.45, 2.75) is 25.3 Å². The van der Waals surface area contributed by atoms with Crippen molar-refractivity contribution in [2.75, 3.05) is 26.3 Å². The number of carbonyl (C=O) groups excluding carboxylic acids is 1. The fourth-order valence-corrected chi connectivity index (χ4v) is 1.88. The highest BCUT2D eigenvalue weighted by atomic mass is 16.5. The van der Waals surface area contributed by atoms with Gasteiger partial charge in [0.2, 0.25) is 5.91 Å². The first-order chi connectivity index (χ1) is 8.84. The molecule has 0 aliphatic carbocycles. The molecule has 100 valence electrons. The van der Waals surface area contributed by atoms with Crippen molar-refractivity contribution in [2.24, 2.45) is 0 Å². The monoisotopic (exact) mass is 253 g/mol. The summed E-state index contributed by atoms with van der Waals surface area (Å²) in [6, 6.07) is 0.146. The number of aryl methyl sites for hydroxylation is 1. The number of hydrogen-bond donors (Lipinski definition) is 3. The first-order valence-electron chi connectivity index (χ1n) is 6.26. The van der Waals surface area contributed by atoms with Crippen LogP contribution < -0.4 is 10.6 Å². The third kappa shape index (κ3) is 4.42. The van der Waals surface area contributed by atoms with E-state index < -0.39 is 0 Å². The molecule has 2 rings (SSSR count). The number of aromatic amines is 1. The topological polar surface area (TPSA) is 91.9 Å². The van der Waals surface area contributed by atoms with E-state index in [2.05, 4.69) is 25.8 Å². The van der Waals surface area contributed by atoms with Crippen molar-refractivity contribution in [1.29, 1.82) is 0 Å². The zero-order valence-electron chi connectivity index (χ0n) is 10.3. The summed E-state index contributed by atoms with van der Waals surface area (Å²) in [5.74, 6) is 0.919. The van der Waals surface area contributed by atoms with E-state index in [9.17, 15) is 4.79 Å². The molecule has 0 spiro atoms. The molecule has 0 radical (unpaired) electrons. The lowest BCUT2D eigenvalue weighted by Crippen LogP contribution is -2.44. The molecule has 1 saturated heterocycles. The van der Waals surface area contributed by atoms with Gasteiger partial charge in [-0.05, 0) is 6.42 Å². The third-order valence-electron chi connectivity index (χ3n) is 2.81. The van der Waals surface area contributed by atoms with Gasteiger partial charge in [0.05, 0.1) is 13.2 Å². The Bertz CT molecular complexity index is 348. The van der Waals surface area contributed by atoms with Gasteiger partial charge in [0.25, 0.3) is 0 Å². The molecular weight excluding hydrogens is 234 g/mol. The normalized spacial score (nSPS) is 19.7. The molecule has 1 aliphatic rings. The maximum Gasteiger partial charge on any atom is 0.221 e. The Morgan fingerprint density at radius 3 is 3.28 bits per heavy atom. The number of aromatic nitrogens is 3. The van der Waals surface area contributed by atoms with E-state index in [1.165, 1.54) is 6.33 Å². The number of morpholine rings is 1. The zero-order chi connectivity index (χ0) is 12.6. The Morgan fingerprint density at radius 2 is 2.56 bits per heavy atom. The molecule has 3 N–H and O–H groups in total. The molecule has 1 aromatic rings. The minimum Gasteiger partial charge on any atom is -0.378 e. The standard InChI is InChI=1S/C11H19N5O2/c17-11(6-9-7-18-5-4-12-9)13-3-1-2-10-14-8-15-16-10/h8-9,12H,1-7H2,(H,13,17)(H,14,15,16). The van der Waals surface area contributed by atoms with Gasteiger partial charge in [0, 0.05) is 32.0 Å². The van der Waals surface area contributed by atoms with Crippen molar-refractivity contribution >= 4 is 5.91 Å². The van der Waals surface area contributed by atoms with Crippen molar-refractivity contribution < 1.29 is 9.53 Å². The van der Waals surface area contributed by atoms with Gasteiger partial charge in [-0.15, -0.1) is 0 Å². The van der Waals surface area contributed by atoms with Crippen LogP contribution in [0.25, 0.3) is 0 Å². The third-order valence-corrected chi connectivity index (χ3v) is 2.81. The highest BCUT2D eigenvalue weighted by Crippen LogP contribution is 1.98. The first-order valence-corrected chi connectivity index (χ1v) is 6.26. The summed E-state index contributed by atoms with van der Waals surface area (Å²) in [6.07, 6.45) is 3.62. The number of H-pyrrole nitrogens is 1. The number of rotatable bonds is 6. The Hall–Kier alpha value is -1.47. The summed E-state index contributed by atoms with van der Waals surface area (Å²) < 4.78 is 5.30. The zero-order valence-corrected chi connectivity index (χ0v) is 10.3. The largest absolute Gasteiger partial charge is 0.378 e. The minimum atomic E-state index is 0.0653. The fraction of sp³-hybridized carbons (Fsp3) is 0.727. The van der Waals surface area contributed by atoms with Gasteiger partial charge in [-0.25, -0.2) is 4.98 Å². The Labute approximate surface area is 106 Å². The van der Waals surface area contributed by atoms with Crippen LogP contribution in [0.5, 0.6) is 0 Å². The van der Waals surface area contributed by atoms with Gasteiger partial charge >= 0.3 is 0 Å². The van der Waals surface area contributed by atoms with Crippen LogP contribution >= 0.6 is 0 Å². The number of nitrogens with zero attached hydrogens (tertiary/aromatic N) is 2. The molecule has 1 aliphatic heterocycles. The molecule has 7 heteroatoms. The predicted octanol–water partition coefficient (Wildman–Crippen LogP) is -0.768.